The quantitative estimate of drug-likeness (QED) is 0.404. The summed E-state index contributed by atoms with van der Waals surface area (Å²) in [4.78, 5) is 28.0. The predicted octanol–water partition coefficient (Wildman–Crippen LogP) is 6.82. The van der Waals surface area contributed by atoms with E-state index in [1.54, 1.807) is 18.2 Å². The lowest BCUT2D eigenvalue weighted by Gasteiger charge is -2.22. The van der Waals surface area contributed by atoms with E-state index in [9.17, 15) is 14.2 Å². The molecule has 0 aliphatic heterocycles. The third-order valence-electron chi connectivity index (χ3n) is 6.42. The van der Waals surface area contributed by atoms with Gasteiger partial charge in [0.25, 0.3) is 0 Å². The standard InChI is InChI=1S/C28H31O3P/c1-16-9-10-17(2)26(11-16)32(31,27(29)24-14-20(5)18(3)12-22(24)7)28(30)25-15-21(6)19(4)13-23(25)8/h9-15H,1-8H3. The van der Waals surface area contributed by atoms with E-state index in [4.69, 9.17) is 0 Å². The molecular formula is C28H31O3P. The zero-order chi connectivity index (χ0) is 24.0. The fraction of sp³-hybridized carbons (Fsp3) is 0.286. The summed E-state index contributed by atoms with van der Waals surface area (Å²) >= 11 is 0. The summed E-state index contributed by atoms with van der Waals surface area (Å²) in [5.74, 6) is 0. The number of rotatable bonds is 5. The summed E-state index contributed by atoms with van der Waals surface area (Å²) in [6, 6.07) is 12.8. The Morgan fingerprint density at radius 1 is 0.531 bits per heavy atom. The van der Waals surface area contributed by atoms with Crippen LogP contribution in [0.15, 0.2) is 42.5 Å². The Bertz CT molecular complexity index is 1240. The van der Waals surface area contributed by atoms with E-state index in [1.165, 1.54) is 0 Å². The molecule has 0 fully saturated rings. The van der Waals surface area contributed by atoms with Gasteiger partial charge in [-0.3, -0.25) is 9.59 Å². The van der Waals surface area contributed by atoms with Crippen molar-refractivity contribution in [3.8, 4) is 0 Å². The van der Waals surface area contributed by atoms with Crippen molar-refractivity contribution in [2.24, 2.45) is 0 Å². The summed E-state index contributed by atoms with van der Waals surface area (Å²) in [6.07, 6.45) is 0. The zero-order valence-electron chi connectivity index (χ0n) is 20.2. The van der Waals surface area contributed by atoms with E-state index < -0.39 is 18.2 Å². The predicted molar refractivity (Wildman–Crippen MR) is 133 cm³/mol. The Morgan fingerprint density at radius 2 is 0.938 bits per heavy atom. The molecule has 0 heterocycles. The van der Waals surface area contributed by atoms with Gasteiger partial charge >= 0.3 is 0 Å². The summed E-state index contributed by atoms with van der Waals surface area (Å²) < 4.78 is 14.8. The van der Waals surface area contributed by atoms with Gasteiger partial charge in [0.1, 0.15) is 0 Å². The number of hydrogen-bond donors (Lipinski definition) is 0. The highest BCUT2D eigenvalue weighted by Gasteiger charge is 2.44. The molecule has 3 rings (SSSR count). The first-order valence-electron chi connectivity index (χ1n) is 10.8. The zero-order valence-corrected chi connectivity index (χ0v) is 21.1. The van der Waals surface area contributed by atoms with Crippen molar-refractivity contribution < 1.29 is 14.2 Å². The summed E-state index contributed by atoms with van der Waals surface area (Å²) in [6.45, 7) is 15.1. The van der Waals surface area contributed by atoms with E-state index in [1.807, 2.05) is 79.7 Å². The van der Waals surface area contributed by atoms with Crippen LogP contribution in [0.3, 0.4) is 0 Å². The van der Waals surface area contributed by atoms with Crippen LogP contribution in [0.5, 0.6) is 0 Å². The van der Waals surface area contributed by atoms with Gasteiger partial charge in [0.05, 0.1) is 0 Å². The smallest absolute Gasteiger partial charge is 0.248 e. The van der Waals surface area contributed by atoms with Crippen LogP contribution in [0.25, 0.3) is 0 Å². The van der Waals surface area contributed by atoms with E-state index in [-0.39, 0.29) is 0 Å². The van der Waals surface area contributed by atoms with Crippen molar-refractivity contribution in [2.45, 2.75) is 55.4 Å². The molecule has 0 atom stereocenters. The van der Waals surface area contributed by atoms with Gasteiger partial charge in [-0.1, -0.05) is 29.8 Å². The highest BCUT2D eigenvalue weighted by Crippen LogP contribution is 2.52. The molecule has 3 nitrogen and oxygen atoms in total. The van der Waals surface area contributed by atoms with Gasteiger partial charge < -0.3 is 4.57 Å². The fourth-order valence-electron chi connectivity index (χ4n) is 4.09. The van der Waals surface area contributed by atoms with Crippen LogP contribution >= 0.6 is 7.14 Å². The number of hydrogen-bond acceptors (Lipinski definition) is 3. The first-order valence-corrected chi connectivity index (χ1v) is 12.5. The van der Waals surface area contributed by atoms with Crippen molar-refractivity contribution in [1.29, 1.82) is 0 Å². The normalized spacial score (nSPS) is 11.5. The number of carbonyl (C=O) groups is 2. The van der Waals surface area contributed by atoms with Crippen LogP contribution in [0.1, 0.15) is 65.2 Å². The van der Waals surface area contributed by atoms with E-state index in [0.29, 0.717) is 22.0 Å². The molecule has 0 unspecified atom stereocenters. The summed E-state index contributed by atoms with van der Waals surface area (Å²) in [5, 5.41) is 0.336. The Balaban J connectivity index is 2.36. The van der Waals surface area contributed by atoms with Crippen LogP contribution in [0.4, 0.5) is 0 Å². The fourth-order valence-corrected chi connectivity index (χ4v) is 6.83. The largest absolute Gasteiger partial charge is 0.302 e. The second-order valence-electron chi connectivity index (χ2n) is 9.01. The SMILES string of the molecule is Cc1ccc(C)c(P(=O)(C(=O)c2cc(C)c(C)cc2C)C(=O)c2cc(C)c(C)cc2C)c1. The molecular weight excluding hydrogens is 415 g/mol. The van der Waals surface area contributed by atoms with Gasteiger partial charge in [0.2, 0.25) is 18.2 Å². The number of benzene rings is 3. The van der Waals surface area contributed by atoms with Gasteiger partial charge in [0.15, 0.2) is 0 Å². The van der Waals surface area contributed by atoms with Crippen molar-refractivity contribution in [3.63, 3.8) is 0 Å². The maximum atomic E-state index is 14.8. The molecule has 0 amide bonds. The molecule has 3 aromatic rings. The molecule has 0 aliphatic rings. The number of carbonyl (C=O) groups excluding carboxylic acids is 2. The average molecular weight is 447 g/mol. The Hall–Kier alpha value is -2.77. The lowest BCUT2D eigenvalue weighted by atomic mass is 10.0. The first kappa shape index (κ1) is 23.9. The van der Waals surface area contributed by atoms with Gasteiger partial charge in [-0.2, -0.15) is 0 Å². The minimum atomic E-state index is -4.16. The lowest BCUT2D eigenvalue weighted by Crippen LogP contribution is -2.24. The van der Waals surface area contributed by atoms with Crippen LogP contribution in [-0.2, 0) is 4.57 Å². The summed E-state index contributed by atoms with van der Waals surface area (Å²) in [5.41, 5.74) is 6.50. The highest BCUT2D eigenvalue weighted by atomic mass is 31.2. The minimum absolute atomic E-state index is 0.336. The topological polar surface area (TPSA) is 51.2 Å². The molecule has 0 N–H and O–H groups in total. The Kier molecular flexibility index (Phi) is 6.45. The second kappa shape index (κ2) is 8.64. The summed E-state index contributed by atoms with van der Waals surface area (Å²) in [7, 11) is -4.16. The third kappa shape index (κ3) is 4.02. The molecule has 32 heavy (non-hydrogen) atoms. The molecule has 166 valence electrons. The second-order valence-corrected chi connectivity index (χ2v) is 11.5. The Morgan fingerprint density at radius 3 is 1.38 bits per heavy atom. The van der Waals surface area contributed by atoms with Crippen LogP contribution in [-0.4, -0.2) is 11.0 Å². The van der Waals surface area contributed by atoms with Crippen molar-refractivity contribution in [2.75, 3.05) is 0 Å². The maximum absolute atomic E-state index is 14.8. The lowest BCUT2D eigenvalue weighted by molar-refractivity contribution is 0.104. The molecule has 0 aliphatic carbocycles. The van der Waals surface area contributed by atoms with Crippen LogP contribution in [0.2, 0.25) is 0 Å². The van der Waals surface area contributed by atoms with Gasteiger partial charge in [-0.05, 0) is 113 Å². The third-order valence-corrected chi connectivity index (χ3v) is 9.20. The molecule has 4 heteroatoms. The molecule has 0 saturated carbocycles. The Labute approximate surface area is 191 Å². The van der Waals surface area contributed by atoms with E-state index in [0.717, 1.165) is 38.9 Å². The van der Waals surface area contributed by atoms with Crippen LogP contribution < -0.4 is 5.30 Å². The molecule has 3 aromatic carbocycles. The van der Waals surface area contributed by atoms with Crippen molar-refractivity contribution in [3.05, 3.63) is 98.1 Å². The van der Waals surface area contributed by atoms with Gasteiger partial charge in [-0.15, -0.1) is 0 Å². The molecule has 0 radical (unpaired) electrons. The van der Waals surface area contributed by atoms with Gasteiger partial charge in [0, 0.05) is 16.4 Å². The molecule has 0 saturated heterocycles. The average Bonchev–Trinajstić information content (AvgIpc) is 2.73. The van der Waals surface area contributed by atoms with Gasteiger partial charge in [-0.25, -0.2) is 0 Å². The first-order chi connectivity index (χ1) is 14.9. The maximum Gasteiger partial charge on any atom is 0.248 e. The van der Waals surface area contributed by atoms with Crippen LogP contribution in [0, 0.1) is 55.4 Å². The molecule has 0 aromatic heterocycles. The number of aryl methyl sites for hydroxylation is 8. The monoisotopic (exact) mass is 446 g/mol. The molecule has 0 bridgehead atoms. The molecule has 0 spiro atoms. The highest BCUT2D eigenvalue weighted by molar-refractivity contribution is 8.01. The van der Waals surface area contributed by atoms with Crippen molar-refractivity contribution in [1.82, 2.24) is 0 Å². The van der Waals surface area contributed by atoms with Crippen molar-refractivity contribution >= 4 is 23.5 Å². The van der Waals surface area contributed by atoms with E-state index in [2.05, 4.69) is 0 Å². The minimum Gasteiger partial charge on any atom is -0.302 e. The van der Waals surface area contributed by atoms with E-state index >= 15 is 0 Å².